The topological polar surface area (TPSA) is 33.1 Å². The molecule has 108 valence electrons. The van der Waals surface area contributed by atoms with Crippen molar-refractivity contribution in [2.24, 2.45) is 7.05 Å². The number of nitrogens with zero attached hydrogens (tertiary/aromatic N) is 3. The Kier molecular flexibility index (Phi) is 4.57. The third-order valence-electron chi connectivity index (χ3n) is 3.79. The standard InChI is InChI=1S/C16H24N4/c1-12-15(14(11-17-2)19(3)4)18-16(20(12)5)13-9-7-6-8-10-13/h6-10,14,17H,11H2,1-5H3. The molecule has 4 nitrogen and oxygen atoms in total. The van der Waals surface area contributed by atoms with Crippen LogP contribution in [0.1, 0.15) is 17.4 Å². The molecule has 0 aliphatic heterocycles. The molecule has 0 radical (unpaired) electrons. The van der Waals surface area contributed by atoms with Crippen molar-refractivity contribution in [3.8, 4) is 11.4 Å². The molecule has 1 aromatic heterocycles. The van der Waals surface area contributed by atoms with Crippen molar-refractivity contribution < 1.29 is 0 Å². The summed E-state index contributed by atoms with van der Waals surface area (Å²) in [5.41, 5.74) is 3.52. The lowest BCUT2D eigenvalue weighted by atomic mass is 10.1. The van der Waals surface area contributed by atoms with Gasteiger partial charge in [-0.3, -0.25) is 4.90 Å². The minimum atomic E-state index is 0.281. The van der Waals surface area contributed by atoms with Crippen molar-refractivity contribution in [2.45, 2.75) is 13.0 Å². The number of hydrogen-bond acceptors (Lipinski definition) is 3. The molecule has 4 heteroatoms. The van der Waals surface area contributed by atoms with Gasteiger partial charge in [-0.05, 0) is 28.1 Å². The van der Waals surface area contributed by atoms with Crippen LogP contribution in [0.5, 0.6) is 0 Å². The van der Waals surface area contributed by atoms with Crippen LogP contribution in [-0.2, 0) is 7.05 Å². The van der Waals surface area contributed by atoms with Crippen LogP contribution in [0.3, 0.4) is 0 Å². The highest BCUT2D eigenvalue weighted by molar-refractivity contribution is 5.56. The lowest BCUT2D eigenvalue weighted by Gasteiger charge is -2.23. The summed E-state index contributed by atoms with van der Waals surface area (Å²) in [5.74, 6) is 1.03. The van der Waals surface area contributed by atoms with E-state index in [1.165, 1.54) is 5.69 Å². The van der Waals surface area contributed by atoms with Crippen LogP contribution < -0.4 is 5.32 Å². The van der Waals surface area contributed by atoms with E-state index in [1.54, 1.807) is 0 Å². The Morgan fingerprint density at radius 1 is 1.25 bits per heavy atom. The second-order valence-electron chi connectivity index (χ2n) is 5.37. The monoisotopic (exact) mass is 272 g/mol. The van der Waals surface area contributed by atoms with Gasteiger partial charge >= 0.3 is 0 Å². The average Bonchev–Trinajstić information content (AvgIpc) is 2.73. The summed E-state index contributed by atoms with van der Waals surface area (Å²) in [5, 5.41) is 3.25. The van der Waals surface area contributed by atoms with E-state index in [0.717, 1.165) is 23.6 Å². The van der Waals surface area contributed by atoms with Crippen molar-refractivity contribution in [3.63, 3.8) is 0 Å². The van der Waals surface area contributed by atoms with E-state index in [2.05, 4.69) is 67.1 Å². The van der Waals surface area contributed by atoms with Gasteiger partial charge in [0, 0.05) is 24.8 Å². The van der Waals surface area contributed by atoms with Crippen LogP contribution in [0.2, 0.25) is 0 Å². The van der Waals surface area contributed by atoms with Crippen molar-refractivity contribution >= 4 is 0 Å². The fourth-order valence-corrected chi connectivity index (χ4v) is 2.48. The predicted molar refractivity (Wildman–Crippen MR) is 83.7 cm³/mol. The maximum absolute atomic E-state index is 4.90. The summed E-state index contributed by atoms with van der Waals surface area (Å²) in [7, 11) is 8.25. The Morgan fingerprint density at radius 3 is 2.45 bits per heavy atom. The molecule has 0 amide bonds. The van der Waals surface area contributed by atoms with Gasteiger partial charge < -0.3 is 9.88 Å². The van der Waals surface area contributed by atoms with E-state index in [4.69, 9.17) is 4.98 Å². The van der Waals surface area contributed by atoms with Gasteiger partial charge in [-0.2, -0.15) is 0 Å². The summed E-state index contributed by atoms with van der Waals surface area (Å²) in [6.07, 6.45) is 0. The Morgan fingerprint density at radius 2 is 1.90 bits per heavy atom. The van der Waals surface area contributed by atoms with E-state index < -0.39 is 0 Å². The van der Waals surface area contributed by atoms with Gasteiger partial charge in [0.2, 0.25) is 0 Å². The Labute approximate surface area is 121 Å². The SMILES string of the molecule is CNCC(c1nc(-c2ccccc2)n(C)c1C)N(C)C. The van der Waals surface area contributed by atoms with E-state index in [1.807, 2.05) is 13.1 Å². The first-order chi connectivity index (χ1) is 9.56. The first-order valence-corrected chi connectivity index (χ1v) is 6.96. The van der Waals surface area contributed by atoms with Gasteiger partial charge in [-0.15, -0.1) is 0 Å². The maximum atomic E-state index is 4.90. The summed E-state index contributed by atoms with van der Waals surface area (Å²) in [6, 6.07) is 10.6. The lowest BCUT2D eigenvalue weighted by Crippen LogP contribution is -2.30. The van der Waals surface area contributed by atoms with Gasteiger partial charge in [0.05, 0.1) is 11.7 Å². The lowest BCUT2D eigenvalue weighted by molar-refractivity contribution is 0.288. The second-order valence-corrected chi connectivity index (χ2v) is 5.37. The van der Waals surface area contributed by atoms with Crippen LogP contribution in [0, 0.1) is 6.92 Å². The fourth-order valence-electron chi connectivity index (χ4n) is 2.48. The maximum Gasteiger partial charge on any atom is 0.140 e. The normalized spacial score (nSPS) is 12.9. The summed E-state index contributed by atoms with van der Waals surface area (Å²) < 4.78 is 2.18. The minimum absolute atomic E-state index is 0.281. The smallest absolute Gasteiger partial charge is 0.140 e. The first-order valence-electron chi connectivity index (χ1n) is 6.96. The fraction of sp³-hybridized carbons (Fsp3) is 0.438. The molecule has 0 saturated heterocycles. The third kappa shape index (κ3) is 2.76. The second kappa shape index (κ2) is 6.20. The Bertz CT molecular complexity index is 557. The predicted octanol–water partition coefficient (Wildman–Crippen LogP) is 2.22. The molecule has 20 heavy (non-hydrogen) atoms. The molecule has 1 atom stereocenters. The van der Waals surface area contributed by atoms with Crippen molar-refractivity contribution in [3.05, 3.63) is 41.7 Å². The average molecular weight is 272 g/mol. The van der Waals surface area contributed by atoms with Crippen molar-refractivity contribution in [1.82, 2.24) is 19.8 Å². The highest BCUT2D eigenvalue weighted by Gasteiger charge is 2.22. The first kappa shape index (κ1) is 14.8. The van der Waals surface area contributed by atoms with Gasteiger partial charge in [0.15, 0.2) is 0 Å². The number of imidazole rings is 1. The molecular weight excluding hydrogens is 248 g/mol. The van der Waals surface area contributed by atoms with Gasteiger partial charge in [0.25, 0.3) is 0 Å². The van der Waals surface area contributed by atoms with Gasteiger partial charge in [0.1, 0.15) is 5.82 Å². The molecular formula is C16H24N4. The molecule has 0 aliphatic rings. The number of hydrogen-bond donors (Lipinski definition) is 1. The van der Waals surface area contributed by atoms with Gasteiger partial charge in [-0.1, -0.05) is 30.3 Å². The zero-order chi connectivity index (χ0) is 14.7. The van der Waals surface area contributed by atoms with Gasteiger partial charge in [-0.25, -0.2) is 4.98 Å². The summed E-state index contributed by atoms with van der Waals surface area (Å²) in [6.45, 7) is 3.03. The highest BCUT2D eigenvalue weighted by Crippen LogP contribution is 2.26. The number of benzene rings is 1. The van der Waals surface area contributed by atoms with Crippen LogP contribution in [0.15, 0.2) is 30.3 Å². The molecule has 0 bridgehead atoms. The van der Waals surface area contributed by atoms with Crippen LogP contribution >= 0.6 is 0 Å². The number of nitrogens with one attached hydrogen (secondary N) is 1. The molecule has 1 N–H and O–H groups in total. The largest absolute Gasteiger partial charge is 0.331 e. The van der Waals surface area contributed by atoms with E-state index in [0.29, 0.717) is 0 Å². The molecule has 2 rings (SSSR count). The molecule has 0 aliphatic carbocycles. The number of rotatable bonds is 5. The van der Waals surface area contributed by atoms with Crippen molar-refractivity contribution in [1.29, 1.82) is 0 Å². The molecule has 2 aromatic rings. The van der Waals surface area contributed by atoms with E-state index >= 15 is 0 Å². The molecule has 0 fully saturated rings. The van der Waals surface area contributed by atoms with Crippen molar-refractivity contribution in [2.75, 3.05) is 27.7 Å². The number of aromatic nitrogens is 2. The molecule has 0 saturated carbocycles. The molecule has 0 spiro atoms. The molecule has 1 aromatic carbocycles. The van der Waals surface area contributed by atoms with E-state index in [-0.39, 0.29) is 6.04 Å². The third-order valence-corrected chi connectivity index (χ3v) is 3.79. The molecule has 1 unspecified atom stereocenters. The quantitative estimate of drug-likeness (QED) is 0.906. The minimum Gasteiger partial charge on any atom is -0.331 e. The zero-order valence-corrected chi connectivity index (χ0v) is 13.0. The molecule has 1 heterocycles. The summed E-state index contributed by atoms with van der Waals surface area (Å²) in [4.78, 5) is 7.11. The number of likely N-dealkylation sites (N-methyl/N-ethyl adjacent to an activating group) is 2. The highest BCUT2D eigenvalue weighted by atomic mass is 15.2. The summed E-state index contributed by atoms with van der Waals surface area (Å²) >= 11 is 0. The Hall–Kier alpha value is -1.65. The van der Waals surface area contributed by atoms with Crippen LogP contribution in [-0.4, -0.2) is 42.1 Å². The van der Waals surface area contributed by atoms with Crippen LogP contribution in [0.4, 0.5) is 0 Å². The Balaban J connectivity index is 2.47. The zero-order valence-electron chi connectivity index (χ0n) is 13.0. The van der Waals surface area contributed by atoms with E-state index in [9.17, 15) is 0 Å². The van der Waals surface area contributed by atoms with Crippen LogP contribution in [0.25, 0.3) is 11.4 Å².